The zero-order valence-corrected chi connectivity index (χ0v) is 23.1. The average molecular weight is 530 g/mol. The molecule has 2 aliphatic rings. The molecule has 1 aliphatic carbocycles. The van der Waals surface area contributed by atoms with E-state index in [1.807, 2.05) is 38.1 Å². The molecule has 39 heavy (non-hydrogen) atoms. The van der Waals surface area contributed by atoms with Crippen LogP contribution in [-0.4, -0.2) is 44.0 Å². The van der Waals surface area contributed by atoms with Crippen molar-refractivity contribution in [2.24, 2.45) is 5.41 Å². The molecule has 5 rings (SSSR count). The van der Waals surface area contributed by atoms with Gasteiger partial charge in [-0.05, 0) is 69.7 Å². The third-order valence-electron chi connectivity index (χ3n) is 7.75. The largest absolute Gasteiger partial charge is 0.501 e. The summed E-state index contributed by atoms with van der Waals surface area (Å²) in [6.07, 6.45) is 1.75. The van der Waals surface area contributed by atoms with E-state index in [1.165, 1.54) is 11.1 Å². The number of esters is 1. The van der Waals surface area contributed by atoms with Crippen molar-refractivity contribution in [1.29, 1.82) is 0 Å². The highest BCUT2D eigenvalue weighted by Gasteiger charge is 2.43. The summed E-state index contributed by atoms with van der Waals surface area (Å²) in [6.45, 7) is 9.11. The first-order valence-electron chi connectivity index (χ1n) is 13.5. The van der Waals surface area contributed by atoms with E-state index in [9.17, 15) is 19.5 Å². The second-order valence-corrected chi connectivity index (χ2v) is 11.7. The predicted molar refractivity (Wildman–Crippen MR) is 147 cm³/mol. The van der Waals surface area contributed by atoms with Gasteiger partial charge in [0.1, 0.15) is 6.61 Å². The fourth-order valence-electron chi connectivity index (χ4n) is 5.76. The van der Waals surface area contributed by atoms with Gasteiger partial charge in [0.05, 0.1) is 11.5 Å². The van der Waals surface area contributed by atoms with Gasteiger partial charge >= 0.3 is 11.5 Å². The molecule has 0 saturated carbocycles. The molecule has 3 aromatic rings. The van der Waals surface area contributed by atoms with E-state index in [0.29, 0.717) is 6.54 Å². The number of rotatable bonds is 4. The lowest BCUT2D eigenvalue weighted by Gasteiger charge is -2.43. The fraction of sp³-hybridized carbons (Fsp3) is 0.419. The van der Waals surface area contributed by atoms with Gasteiger partial charge < -0.3 is 19.3 Å². The number of carbonyl (C=O) groups is 2. The minimum absolute atomic E-state index is 0.110. The van der Waals surface area contributed by atoms with Crippen LogP contribution >= 0.6 is 0 Å². The second-order valence-electron chi connectivity index (χ2n) is 11.7. The van der Waals surface area contributed by atoms with E-state index >= 15 is 0 Å². The van der Waals surface area contributed by atoms with Crippen molar-refractivity contribution < 1.29 is 19.4 Å². The number of benzene rings is 2. The molecule has 2 heterocycles. The quantitative estimate of drug-likeness (QED) is 0.504. The number of amides is 1. The van der Waals surface area contributed by atoms with Crippen LogP contribution in [0.4, 0.5) is 0 Å². The van der Waals surface area contributed by atoms with E-state index < -0.39 is 34.6 Å². The van der Waals surface area contributed by atoms with Gasteiger partial charge in [0.2, 0.25) is 5.75 Å². The number of nitrogens with zero attached hydrogens (tertiary/aromatic N) is 3. The van der Waals surface area contributed by atoms with Crippen LogP contribution in [0.5, 0.6) is 5.75 Å². The molecule has 204 valence electrons. The molecule has 1 atom stereocenters. The van der Waals surface area contributed by atoms with Crippen molar-refractivity contribution in [2.45, 2.75) is 72.1 Å². The molecule has 0 saturated heterocycles. The van der Waals surface area contributed by atoms with Crippen molar-refractivity contribution in [2.75, 3.05) is 6.54 Å². The summed E-state index contributed by atoms with van der Waals surface area (Å²) in [4.78, 5) is 45.0. The van der Waals surface area contributed by atoms with Crippen LogP contribution in [0.2, 0.25) is 0 Å². The summed E-state index contributed by atoms with van der Waals surface area (Å²) < 4.78 is 7.26. The van der Waals surface area contributed by atoms with Crippen LogP contribution in [0, 0.1) is 5.41 Å². The number of hydrogen-bond donors (Lipinski definition) is 1. The Labute approximate surface area is 228 Å². The lowest BCUT2D eigenvalue weighted by molar-refractivity contribution is -0.154. The van der Waals surface area contributed by atoms with Gasteiger partial charge in [-0.3, -0.25) is 14.4 Å². The van der Waals surface area contributed by atoms with Gasteiger partial charge in [-0.25, -0.2) is 0 Å². The third kappa shape index (κ3) is 4.73. The normalized spacial score (nSPS) is 17.3. The van der Waals surface area contributed by atoms with Crippen LogP contribution < -0.4 is 5.56 Å². The van der Waals surface area contributed by atoms with Crippen molar-refractivity contribution in [3.8, 4) is 5.75 Å². The first-order chi connectivity index (χ1) is 18.5. The number of fused-ring (bicyclic) bond motifs is 3. The molecular weight excluding hydrogens is 494 g/mol. The summed E-state index contributed by atoms with van der Waals surface area (Å²) in [5.74, 6) is -1.64. The van der Waals surface area contributed by atoms with E-state index in [1.54, 1.807) is 30.2 Å². The van der Waals surface area contributed by atoms with Gasteiger partial charge in [0.25, 0.3) is 5.91 Å². The molecule has 1 amide bonds. The summed E-state index contributed by atoms with van der Waals surface area (Å²) in [5.41, 5.74) is 2.91. The number of carbonyl (C=O) groups excluding carboxylic acids is 2. The fourth-order valence-corrected chi connectivity index (χ4v) is 5.76. The number of aromatic hydroxyl groups is 1. The molecule has 8 heteroatoms. The summed E-state index contributed by atoms with van der Waals surface area (Å²) in [5, 5.41) is 11.0. The highest BCUT2D eigenvalue weighted by molar-refractivity contribution is 5.96. The Kier molecular flexibility index (Phi) is 6.83. The number of ether oxygens (including phenoxy) is 1. The molecule has 0 fully saturated rings. The molecular formula is C31H35N3O5. The van der Waals surface area contributed by atoms with Crippen molar-refractivity contribution in [1.82, 2.24) is 14.5 Å². The Morgan fingerprint density at radius 1 is 1.03 bits per heavy atom. The maximum absolute atomic E-state index is 13.7. The highest BCUT2D eigenvalue weighted by atomic mass is 16.5. The molecule has 0 bridgehead atoms. The van der Waals surface area contributed by atoms with Gasteiger partial charge in [0.15, 0.2) is 11.5 Å². The number of aromatic nitrogens is 2. The topological polar surface area (TPSA) is 102 Å². The minimum Gasteiger partial charge on any atom is -0.501 e. The average Bonchev–Trinajstić information content (AvgIpc) is 3.06. The Morgan fingerprint density at radius 3 is 2.13 bits per heavy atom. The van der Waals surface area contributed by atoms with Crippen LogP contribution in [0.15, 0.2) is 53.3 Å². The zero-order chi connectivity index (χ0) is 28.1. The van der Waals surface area contributed by atoms with Crippen LogP contribution in [0.1, 0.15) is 85.1 Å². The van der Waals surface area contributed by atoms with Gasteiger partial charge in [-0.1, -0.05) is 48.5 Å². The lowest BCUT2D eigenvalue weighted by atomic mass is 9.81. The van der Waals surface area contributed by atoms with Gasteiger partial charge in [-0.15, -0.1) is 0 Å². The molecule has 0 spiro atoms. The Hall–Kier alpha value is -3.94. The van der Waals surface area contributed by atoms with Crippen molar-refractivity contribution >= 4 is 11.9 Å². The third-order valence-corrected chi connectivity index (χ3v) is 7.75. The molecule has 0 radical (unpaired) electrons. The maximum Gasteiger partial charge on any atom is 0.316 e. The Balaban J connectivity index is 1.77. The van der Waals surface area contributed by atoms with Gasteiger partial charge in [0, 0.05) is 18.5 Å². The van der Waals surface area contributed by atoms with Gasteiger partial charge in [-0.2, -0.15) is 4.98 Å². The molecule has 8 nitrogen and oxygen atoms in total. The van der Waals surface area contributed by atoms with E-state index in [0.717, 1.165) is 24.0 Å². The first-order valence-corrected chi connectivity index (χ1v) is 13.5. The van der Waals surface area contributed by atoms with Crippen LogP contribution in [0.25, 0.3) is 0 Å². The molecule has 2 aromatic carbocycles. The molecule has 1 unspecified atom stereocenters. The van der Waals surface area contributed by atoms with Crippen LogP contribution in [0.3, 0.4) is 0 Å². The highest BCUT2D eigenvalue weighted by Crippen LogP contribution is 2.45. The summed E-state index contributed by atoms with van der Waals surface area (Å²) >= 11 is 0. The van der Waals surface area contributed by atoms with E-state index in [-0.39, 0.29) is 30.1 Å². The van der Waals surface area contributed by atoms with E-state index in [4.69, 9.17) is 4.74 Å². The molecule has 1 N–H and O–H groups in total. The molecule has 1 aromatic heterocycles. The minimum atomic E-state index is -0.914. The van der Waals surface area contributed by atoms with Crippen molar-refractivity contribution in [3.63, 3.8) is 0 Å². The second kappa shape index (κ2) is 9.98. The predicted octanol–water partition coefficient (Wildman–Crippen LogP) is 4.37. The lowest BCUT2D eigenvalue weighted by Crippen LogP contribution is -2.50. The smallest absolute Gasteiger partial charge is 0.316 e. The number of hydrogen-bond acceptors (Lipinski definition) is 6. The molecule has 1 aliphatic heterocycles. The summed E-state index contributed by atoms with van der Waals surface area (Å²) in [7, 11) is 0. The SMILES string of the molecule is CC(C)N1CC(C2c3ccccc3CCc3ccccc32)n2c(COC(=O)C(C)(C)C)nc(=O)c(O)c2C1=O. The zero-order valence-electron chi connectivity index (χ0n) is 23.1. The first kappa shape index (κ1) is 26.7. The number of aryl methyl sites for hydroxylation is 2. The van der Waals surface area contributed by atoms with Crippen LogP contribution in [-0.2, 0) is 29.0 Å². The summed E-state index contributed by atoms with van der Waals surface area (Å²) in [6, 6.07) is 16.0. The Bertz CT molecular complexity index is 1450. The monoisotopic (exact) mass is 529 g/mol. The van der Waals surface area contributed by atoms with Crippen molar-refractivity contribution in [3.05, 3.63) is 92.7 Å². The Morgan fingerprint density at radius 2 is 1.59 bits per heavy atom. The maximum atomic E-state index is 13.7. The van der Waals surface area contributed by atoms with E-state index in [2.05, 4.69) is 29.2 Å². The standard InChI is InChI=1S/C31H35N3O5/c1-18(2)33-16-23(25-21-12-8-6-10-19(21)14-15-20-11-7-9-13-22(20)25)34-24(17-39-30(38)31(3,4)5)32-28(36)27(35)26(34)29(33)37/h6-13,18,23,25,35H,14-17H2,1-5H3.